The van der Waals surface area contributed by atoms with Gasteiger partial charge in [-0.2, -0.15) is 5.01 Å². The molecule has 13 heteroatoms. The molecule has 2 aliphatic carbocycles. The van der Waals surface area contributed by atoms with E-state index in [-0.39, 0.29) is 27.2 Å². The van der Waals surface area contributed by atoms with Gasteiger partial charge in [0.1, 0.15) is 9.75 Å². The number of hydrogen-bond donors (Lipinski definition) is 0. The van der Waals surface area contributed by atoms with Crippen molar-refractivity contribution >= 4 is 111 Å². The topological polar surface area (TPSA) is 57.7 Å². The van der Waals surface area contributed by atoms with Gasteiger partial charge in [0.25, 0.3) is 17.7 Å². The number of allylic oxidation sites excluding steroid dienone is 2. The van der Waals surface area contributed by atoms with Crippen LogP contribution < -0.4 is 0 Å². The number of alkyl halides is 4. The van der Waals surface area contributed by atoms with Crippen molar-refractivity contribution in [2.24, 2.45) is 11.8 Å². The summed E-state index contributed by atoms with van der Waals surface area (Å²) in [6.07, 6.45) is 0. The van der Waals surface area contributed by atoms with E-state index < -0.39 is 43.6 Å². The van der Waals surface area contributed by atoms with Crippen molar-refractivity contribution in [1.82, 2.24) is 10.0 Å². The van der Waals surface area contributed by atoms with Gasteiger partial charge in [0, 0.05) is 5.02 Å². The number of hydrazine groups is 1. The second-order valence-corrected chi connectivity index (χ2v) is 12.7. The van der Waals surface area contributed by atoms with Crippen LogP contribution in [0.4, 0.5) is 0 Å². The largest absolute Gasteiger partial charge is 0.274 e. The number of carbonyl (C=O) groups excluding carboxylic acids is 3. The molecule has 3 amide bonds. The fourth-order valence-corrected chi connectivity index (χ4v) is 8.26. The van der Waals surface area contributed by atoms with Crippen LogP contribution in [0.5, 0.6) is 0 Å². The summed E-state index contributed by atoms with van der Waals surface area (Å²) in [7, 11) is 0. The highest BCUT2D eigenvalue weighted by Gasteiger charge is 2.88. The van der Waals surface area contributed by atoms with Gasteiger partial charge >= 0.3 is 0 Å². The van der Waals surface area contributed by atoms with Gasteiger partial charge in [0.15, 0.2) is 4.33 Å². The van der Waals surface area contributed by atoms with Crippen molar-refractivity contribution < 1.29 is 14.4 Å². The van der Waals surface area contributed by atoms with E-state index in [2.05, 4.69) is 0 Å². The Morgan fingerprint density at radius 1 is 0.806 bits per heavy atom. The predicted octanol–water partition coefficient (Wildman–Crippen LogP) is 7.00. The molecule has 1 saturated carbocycles. The van der Waals surface area contributed by atoms with Crippen LogP contribution in [0.1, 0.15) is 15.9 Å². The quantitative estimate of drug-likeness (QED) is 0.265. The van der Waals surface area contributed by atoms with Crippen LogP contribution in [0, 0.1) is 11.8 Å². The summed E-state index contributed by atoms with van der Waals surface area (Å²) in [5, 5.41) is 1.81. The monoisotopic (exact) mass is 644 g/mol. The zero-order valence-electron chi connectivity index (χ0n) is 17.6. The van der Waals surface area contributed by atoms with Crippen molar-refractivity contribution in [3.8, 4) is 0 Å². The maximum atomic E-state index is 13.9. The Kier molecular flexibility index (Phi) is 6.54. The fourth-order valence-electron chi connectivity index (χ4n) is 4.99. The van der Waals surface area contributed by atoms with Crippen LogP contribution in [0.25, 0.3) is 0 Å². The molecule has 5 nitrogen and oxygen atoms in total. The average molecular weight is 648 g/mol. The summed E-state index contributed by atoms with van der Waals surface area (Å²) in [5.41, 5.74) is 0.632. The van der Waals surface area contributed by atoms with Gasteiger partial charge in [-0.3, -0.25) is 14.4 Å². The lowest BCUT2D eigenvalue weighted by molar-refractivity contribution is -0.156. The lowest BCUT2D eigenvalue weighted by Crippen LogP contribution is -2.55. The van der Waals surface area contributed by atoms with Crippen molar-refractivity contribution in [2.45, 2.75) is 20.6 Å². The smallest absolute Gasteiger partial charge is 0.272 e. The molecule has 5 rings (SSSR count). The summed E-state index contributed by atoms with van der Waals surface area (Å²) >= 11 is 51.7. The molecule has 0 unspecified atom stereocenters. The first kappa shape index (κ1) is 26.7. The third-order valence-corrected chi connectivity index (χ3v) is 11.6. The van der Waals surface area contributed by atoms with E-state index in [0.717, 1.165) is 5.01 Å². The molecule has 1 heterocycles. The van der Waals surface area contributed by atoms with E-state index in [0.29, 0.717) is 15.6 Å². The van der Waals surface area contributed by atoms with Gasteiger partial charge in [-0.05, 0) is 29.8 Å². The molecular formula is C23H12Cl8N2O3. The Labute approximate surface area is 245 Å². The first-order valence-electron chi connectivity index (χ1n) is 10.3. The van der Waals surface area contributed by atoms with E-state index in [1.54, 1.807) is 36.4 Å². The number of nitrogens with zero attached hydrogens (tertiary/aromatic N) is 2. The van der Waals surface area contributed by atoms with Crippen LogP contribution >= 0.6 is 92.8 Å². The molecule has 36 heavy (non-hydrogen) atoms. The molecule has 4 atom stereocenters. The van der Waals surface area contributed by atoms with Gasteiger partial charge < -0.3 is 0 Å². The lowest BCUT2D eigenvalue weighted by Gasteiger charge is -2.37. The SMILES string of the molecule is O=C(c1ccccc1Cl)N(Cc1ccc(Cl)cc1)N1C(=O)[C@H]2[C@H](C1=O)[C@@]1(Cl)C(Cl)=C(Cl)[C@@]2(Cl)C1(Cl)Cl. The number of rotatable bonds is 4. The second kappa shape index (κ2) is 8.82. The highest BCUT2D eigenvalue weighted by molar-refractivity contribution is 6.66. The number of imide groups is 1. The van der Waals surface area contributed by atoms with E-state index >= 15 is 0 Å². The van der Waals surface area contributed by atoms with Gasteiger partial charge in [0.05, 0.1) is 39.0 Å². The standard InChI is InChI=1S/C23H12Cl8N2O3/c24-11-7-5-10(6-8-11)9-32(18(34)12-3-1-2-4-13(12)25)33-19(35)14-15(20(33)36)22(29)17(27)16(26)21(14,28)23(22,30)31/h1-8,14-15H,9H2/t14-,15-,21-,22-/m1/s1. The Balaban J connectivity index is 1.63. The number of fused-ring (bicyclic) bond motifs is 5. The molecule has 0 aromatic heterocycles. The van der Waals surface area contributed by atoms with Crippen molar-refractivity contribution in [3.05, 3.63) is 79.8 Å². The van der Waals surface area contributed by atoms with Gasteiger partial charge in [-0.25, -0.2) is 5.01 Å². The maximum absolute atomic E-state index is 13.9. The normalized spacial score (nSPS) is 30.3. The van der Waals surface area contributed by atoms with E-state index in [1.807, 2.05) is 0 Å². The molecule has 0 spiro atoms. The van der Waals surface area contributed by atoms with Crippen molar-refractivity contribution in [1.29, 1.82) is 0 Å². The highest BCUT2D eigenvalue weighted by Crippen LogP contribution is 2.77. The van der Waals surface area contributed by atoms with Crippen molar-refractivity contribution in [3.63, 3.8) is 0 Å². The summed E-state index contributed by atoms with van der Waals surface area (Å²) in [4.78, 5) is 37.4. The second-order valence-electron chi connectivity index (χ2n) is 8.54. The third-order valence-electron chi connectivity index (χ3n) is 6.71. The van der Waals surface area contributed by atoms with E-state index in [4.69, 9.17) is 92.8 Å². The Morgan fingerprint density at radius 3 is 1.81 bits per heavy atom. The summed E-state index contributed by atoms with van der Waals surface area (Å²) in [5.74, 6) is -5.21. The first-order valence-corrected chi connectivity index (χ1v) is 13.3. The van der Waals surface area contributed by atoms with Crippen LogP contribution in [0.3, 0.4) is 0 Å². The molecule has 2 aromatic carbocycles. The fraction of sp³-hybridized carbons (Fsp3) is 0.261. The minimum absolute atomic E-state index is 0.0631. The molecular weight excluding hydrogens is 636 g/mol. The van der Waals surface area contributed by atoms with Crippen LogP contribution in [-0.2, 0) is 16.1 Å². The molecule has 2 aromatic rings. The summed E-state index contributed by atoms with van der Waals surface area (Å²) in [6, 6.07) is 12.7. The maximum Gasteiger partial charge on any atom is 0.274 e. The summed E-state index contributed by atoms with van der Waals surface area (Å²) < 4.78 is -2.09. The lowest BCUT2D eigenvalue weighted by atomic mass is 9.84. The zero-order valence-corrected chi connectivity index (χ0v) is 23.7. The Morgan fingerprint density at radius 2 is 1.31 bits per heavy atom. The van der Waals surface area contributed by atoms with E-state index in [9.17, 15) is 14.4 Å². The first-order chi connectivity index (χ1) is 16.8. The molecule has 2 fully saturated rings. The summed E-state index contributed by atoms with van der Waals surface area (Å²) in [6.45, 7) is -0.190. The van der Waals surface area contributed by atoms with Gasteiger partial charge in [-0.1, -0.05) is 93.9 Å². The van der Waals surface area contributed by atoms with Crippen LogP contribution in [0.15, 0.2) is 58.6 Å². The van der Waals surface area contributed by atoms with Crippen LogP contribution in [0.2, 0.25) is 10.0 Å². The third kappa shape index (κ3) is 3.27. The highest BCUT2D eigenvalue weighted by atomic mass is 35.5. The Hall–Kier alpha value is -0.890. The average Bonchev–Trinajstić information content (AvgIpc) is 3.22. The molecule has 1 aliphatic heterocycles. The molecule has 0 N–H and O–H groups in total. The molecule has 0 radical (unpaired) electrons. The van der Waals surface area contributed by atoms with E-state index in [1.165, 1.54) is 12.1 Å². The molecule has 3 aliphatic rings. The Bertz CT molecular complexity index is 1320. The van der Waals surface area contributed by atoms with Gasteiger partial charge in [0.2, 0.25) is 0 Å². The minimum atomic E-state index is -2.09. The van der Waals surface area contributed by atoms with Crippen molar-refractivity contribution in [2.75, 3.05) is 0 Å². The van der Waals surface area contributed by atoms with Crippen LogP contribution in [-0.4, -0.2) is 41.8 Å². The number of amides is 3. The number of carbonyl (C=O) groups is 3. The number of hydrogen-bond acceptors (Lipinski definition) is 3. The number of halogens is 8. The molecule has 188 valence electrons. The minimum Gasteiger partial charge on any atom is -0.272 e. The predicted molar refractivity (Wildman–Crippen MR) is 142 cm³/mol. The molecule has 1 saturated heterocycles. The van der Waals surface area contributed by atoms with Gasteiger partial charge in [-0.15, -0.1) is 23.2 Å². The number of benzene rings is 2. The molecule has 2 bridgehead atoms. The zero-order chi connectivity index (χ0) is 26.4.